The molecular formula is C23H27ClN2O. The maximum Gasteiger partial charge on any atom is 0.252 e. The fraction of sp³-hybridized carbons (Fsp3) is 0.435. The lowest BCUT2D eigenvalue weighted by atomic mass is 9.78. The lowest BCUT2D eigenvalue weighted by Gasteiger charge is -2.41. The molecule has 0 aromatic heterocycles. The van der Waals surface area contributed by atoms with Gasteiger partial charge in [-0.25, -0.2) is 0 Å². The third-order valence-corrected chi connectivity index (χ3v) is 7.01. The molecule has 0 radical (unpaired) electrons. The summed E-state index contributed by atoms with van der Waals surface area (Å²) in [6.45, 7) is 4.00. The Kier molecular flexibility index (Phi) is 4.77. The van der Waals surface area contributed by atoms with Crippen LogP contribution in [-0.4, -0.2) is 29.4 Å². The van der Waals surface area contributed by atoms with Crippen molar-refractivity contribution in [3.8, 4) is 0 Å². The lowest BCUT2D eigenvalue weighted by Crippen LogP contribution is -2.51. The predicted molar refractivity (Wildman–Crippen MR) is 110 cm³/mol. The van der Waals surface area contributed by atoms with E-state index in [2.05, 4.69) is 23.3 Å². The van der Waals surface area contributed by atoms with Gasteiger partial charge in [0.1, 0.15) is 0 Å². The van der Waals surface area contributed by atoms with Crippen molar-refractivity contribution in [3.63, 3.8) is 0 Å². The third kappa shape index (κ3) is 3.07. The minimum absolute atomic E-state index is 0.00806. The molecule has 1 unspecified atom stereocenters. The molecular weight excluding hydrogens is 356 g/mol. The van der Waals surface area contributed by atoms with E-state index in [0.29, 0.717) is 11.1 Å². The highest BCUT2D eigenvalue weighted by Gasteiger charge is 2.54. The summed E-state index contributed by atoms with van der Waals surface area (Å²) in [5, 5.41) is 4.12. The SMILES string of the molecule is Cc1cccc(C)c1C(=O)NC(c1cccc(Cl)c1)C12CCC(CC1)N2C. The van der Waals surface area contributed by atoms with Gasteiger partial charge in [-0.2, -0.15) is 0 Å². The number of hydrogen-bond acceptors (Lipinski definition) is 2. The van der Waals surface area contributed by atoms with E-state index in [1.165, 1.54) is 12.8 Å². The van der Waals surface area contributed by atoms with E-state index in [9.17, 15) is 4.79 Å². The van der Waals surface area contributed by atoms with Gasteiger partial charge in [-0.15, -0.1) is 0 Å². The van der Waals surface area contributed by atoms with Crippen LogP contribution in [0.25, 0.3) is 0 Å². The number of benzene rings is 2. The van der Waals surface area contributed by atoms with Crippen LogP contribution in [0.1, 0.15) is 58.8 Å². The second-order valence-electron chi connectivity index (χ2n) is 8.17. The molecule has 2 aliphatic heterocycles. The number of likely N-dealkylation sites (N-methyl/N-ethyl adjacent to an activating group) is 1. The quantitative estimate of drug-likeness (QED) is 0.802. The predicted octanol–water partition coefficient (Wildman–Crippen LogP) is 5.05. The van der Waals surface area contributed by atoms with Crippen molar-refractivity contribution in [1.29, 1.82) is 0 Å². The Labute approximate surface area is 166 Å². The molecule has 1 amide bonds. The number of carbonyl (C=O) groups is 1. The van der Waals surface area contributed by atoms with Crippen molar-refractivity contribution < 1.29 is 4.79 Å². The number of fused-ring (bicyclic) bond motifs is 2. The summed E-state index contributed by atoms with van der Waals surface area (Å²) < 4.78 is 0. The molecule has 0 spiro atoms. The molecule has 1 atom stereocenters. The summed E-state index contributed by atoms with van der Waals surface area (Å²) in [5.41, 5.74) is 3.88. The zero-order valence-corrected chi connectivity index (χ0v) is 17.0. The Balaban J connectivity index is 1.74. The average Bonchev–Trinajstić information content (AvgIpc) is 3.12. The van der Waals surface area contributed by atoms with E-state index in [0.717, 1.165) is 35.1 Å². The Hall–Kier alpha value is -1.84. The largest absolute Gasteiger partial charge is 0.343 e. The number of halogens is 1. The van der Waals surface area contributed by atoms with E-state index in [4.69, 9.17) is 11.6 Å². The van der Waals surface area contributed by atoms with Gasteiger partial charge in [0.05, 0.1) is 6.04 Å². The van der Waals surface area contributed by atoms with E-state index < -0.39 is 0 Å². The van der Waals surface area contributed by atoms with Gasteiger partial charge in [0.2, 0.25) is 0 Å². The minimum atomic E-state index is -0.0693. The van der Waals surface area contributed by atoms with Gasteiger partial charge in [-0.3, -0.25) is 9.69 Å². The maximum atomic E-state index is 13.3. The molecule has 2 aliphatic rings. The second-order valence-corrected chi connectivity index (χ2v) is 8.61. The van der Waals surface area contributed by atoms with Crippen molar-refractivity contribution in [3.05, 3.63) is 69.7 Å². The number of hydrogen-bond donors (Lipinski definition) is 1. The van der Waals surface area contributed by atoms with Gasteiger partial charge in [-0.05, 0) is 75.4 Å². The van der Waals surface area contributed by atoms with Crippen LogP contribution in [-0.2, 0) is 0 Å². The second kappa shape index (κ2) is 6.96. The minimum Gasteiger partial charge on any atom is -0.343 e. The van der Waals surface area contributed by atoms with Gasteiger partial charge in [0.25, 0.3) is 5.91 Å². The zero-order chi connectivity index (χ0) is 19.2. The van der Waals surface area contributed by atoms with Gasteiger partial charge >= 0.3 is 0 Å². The van der Waals surface area contributed by atoms with Crippen molar-refractivity contribution in [2.24, 2.45) is 0 Å². The summed E-state index contributed by atoms with van der Waals surface area (Å²) in [6, 6.07) is 14.5. The van der Waals surface area contributed by atoms with Gasteiger partial charge in [0, 0.05) is 22.2 Å². The summed E-state index contributed by atoms with van der Waals surface area (Å²) in [5.74, 6) is 0.00806. The molecule has 2 heterocycles. The van der Waals surface area contributed by atoms with Crippen LogP contribution in [0.15, 0.2) is 42.5 Å². The molecule has 0 saturated carbocycles. The summed E-state index contributed by atoms with van der Waals surface area (Å²) in [7, 11) is 2.22. The standard InChI is InChI=1S/C23H27ClN2O/c1-15-6-4-7-16(2)20(15)22(27)25-21(17-8-5-9-18(24)14-17)23-12-10-19(11-13-23)26(23)3/h4-9,14,19,21H,10-13H2,1-3H3,(H,25,27). The topological polar surface area (TPSA) is 32.3 Å². The zero-order valence-electron chi connectivity index (χ0n) is 16.3. The summed E-state index contributed by atoms with van der Waals surface area (Å²) in [6.07, 6.45) is 4.62. The molecule has 4 rings (SSSR count). The third-order valence-electron chi connectivity index (χ3n) is 6.77. The number of rotatable bonds is 4. The monoisotopic (exact) mass is 382 g/mol. The van der Waals surface area contributed by atoms with E-state index in [-0.39, 0.29) is 17.5 Å². The highest BCUT2D eigenvalue weighted by Crippen LogP contribution is 2.52. The number of amides is 1. The lowest BCUT2D eigenvalue weighted by molar-refractivity contribution is 0.0836. The van der Waals surface area contributed by atoms with Gasteiger partial charge in [-0.1, -0.05) is 41.9 Å². The Morgan fingerprint density at radius 1 is 1.15 bits per heavy atom. The van der Waals surface area contributed by atoms with Crippen LogP contribution < -0.4 is 5.32 Å². The fourth-order valence-electron chi connectivity index (χ4n) is 5.29. The molecule has 2 fully saturated rings. The first-order chi connectivity index (χ1) is 12.9. The average molecular weight is 383 g/mol. The van der Waals surface area contributed by atoms with Crippen molar-refractivity contribution >= 4 is 17.5 Å². The van der Waals surface area contributed by atoms with Crippen molar-refractivity contribution in [1.82, 2.24) is 10.2 Å². The van der Waals surface area contributed by atoms with E-state index in [1.807, 2.05) is 50.2 Å². The van der Waals surface area contributed by atoms with Crippen LogP contribution in [0, 0.1) is 13.8 Å². The van der Waals surface area contributed by atoms with Crippen LogP contribution in [0.4, 0.5) is 0 Å². The first-order valence-corrected chi connectivity index (χ1v) is 10.2. The molecule has 2 saturated heterocycles. The van der Waals surface area contributed by atoms with Gasteiger partial charge in [0.15, 0.2) is 0 Å². The number of nitrogens with zero attached hydrogens (tertiary/aromatic N) is 1. The Bertz CT molecular complexity index is 850. The van der Waals surface area contributed by atoms with Crippen LogP contribution in [0.2, 0.25) is 5.02 Å². The molecule has 4 heteroatoms. The summed E-state index contributed by atoms with van der Waals surface area (Å²) in [4.78, 5) is 15.8. The number of nitrogens with one attached hydrogen (secondary N) is 1. The molecule has 0 aliphatic carbocycles. The molecule has 2 aromatic carbocycles. The highest BCUT2D eigenvalue weighted by atomic mass is 35.5. The first kappa shape index (κ1) is 18.5. The molecule has 2 bridgehead atoms. The molecule has 27 heavy (non-hydrogen) atoms. The van der Waals surface area contributed by atoms with Gasteiger partial charge < -0.3 is 5.32 Å². The highest BCUT2D eigenvalue weighted by molar-refractivity contribution is 6.30. The van der Waals surface area contributed by atoms with Crippen LogP contribution in [0.5, 0.6) is 0 Å². The smallest absolute Gasteiger partial charge is 0.252 e. The van der Waals surface area contributed by atoms with E-state index in [1.54, 1.807) is 0 Å². The number of carbonyl (C=O) groups excluding carboxylic acids is 1. The normalized spacial score (nSPS) is 25.6. The number of aryl methyl sites for hydroxylation is 2. The maximum absolute atomic E-state index is 13.3. The Morgan fingerprint density at radius 3 is 2.33 bits per heavy atom. The van der Waals surface area contributed by atoms with Crippen molar-refractivity contribution in [2.75, 3.05) is 7.05 Å². The van der Waals surface area contributed by atoms with Crippen molar-refractivity contribution in [2.45, 2.75) is 57.2 Å². The first-order valence-electron chi connectivity index (χ1n) is 9.78. The fourth-order valence-corrected chi connectivity index (χ4v) is 5.49. The van der Waals surface area contributed by atoms with Crippen LogP contribution in [0.3, 0.4) is 0 Å². The van der Waals surface area contributed by atoms with E-state index >= 15 is 0 Å². The van der Waals surface area contributed by atoms with Crippen LogP contribution >= 0.6 is 11.6 Å². The molecule has 3 nitrogen and oxygen atoms in total. The molecule has 142 valence electrons. The molecule has 1 N–H and O–H groups in total. The Morgan fingerprint density at radius 2 is 1.78 bits per heavy atom. The summed E-state index contributed by atoms with van der Waals surface area (Å²) >= 11 is 6.31. The molecule has 2 aromatic rings.